The number of carbonyl (C=O) groups excluding carboxylic acids is 1. The molecule has 0 aliphatic carbocycles. The van der Waals surface area contributed by atoms with E-state index in [0.717, 1.165) is 3.57 Å². The third-order valence-corrected chi connectivity index (χ3v) is 4.76. The van der Waals surface area contributed by atoms with Crippen molar-refractivity contribution in [1.82, 2.24) is 4.90 Å². The highest BCUT2D eigenvalue weighted by Gasteiger charge is 2.38. The van der Waals surface area contributed by atoms with Crippen molar-refractivity contribution in [1.29, 1.82) is 0 Å². The molecule has 0 unspecified atom stereocenters. The second-order valence-electron chi connectivity index (χ2n) is 4.88. The number of hydrogen-bond acceptors (Lipinski definition) is 3. The Kier molecular flexibility index (Phi) is 5.86. The minimum Gasteiger partial charge on any atom is -0.496 e. The molecule has 7 heteroatoms. The summed E-state index contributed by atoms with van der Waals surface area (Å²) in [7, 11) is 1.45. The van der Waals surface area contributed by atoms with E-state index in [1.807, 2.05) is 22.6 Å². The van der Waals surface area contributed by atoms with Gasteiger partial charge in [-0.1, -0.05) is 11.6 Å². The highest BCUT2D eigenvalue weighted by Crippen LogP contribution is 2.30. The molecule has 0 aromatic heterocycles. The molecule has 0 atom stereocenters. The van der Waals surface area contributed by atoms with Gasteiger partial charge in [-0.25, -0.2) is 4.79 Å². The number of likely N-dealkylation sites (N-methyl/N-ethyl adjacent to an activating group) is 1. The average Bonchev–Trinajstić information content (AvgIpc) is 2.41. The zero-order valence-electron chi connectivity index (χ0n) is 12.2. The van der Waals surface area contributed by atoms with Crippen LogP contribution in [-0.4, -0.2) is 41.1 Å². The fourth-order valence-corrected chi connectivity index (χ4v) is 2.52. The Balaban J connectivity index is 3.35. The largest absolute Gasteiger partial charge is 0.496 e. The molecular formula is C14H17ClINO4. The number of carboxylic acids is 1. The van der Waals surface area contributed by atoms with Crippen molar-refractivity contribution >= 4 is 46.1 Å². The van der Waals surface area contributed by atoms with E-state index in [4.69, 9.17) is 16.3 Å². The van der Waals surface area contributed by atoms with E-state index in [1.165, 1.54) is 31.9 Å². The van der Waals surface area contributed by atoms with E-state index >= 15 is 0 Å². The quantitative estimate of drug-likeness (QED) is 0.735. The van der Waals surface area contributed by atoms with Crippen LogP contribution < -0.4 is 4.74 Å². The Bertz CT molecular complexity index is 574. The molecule has 0 saturated carbocycles. The fraction of sp³-hybridized carbons (Fsp3) is 0.429. The molecule has 1 aromatic rings. The van der Waals surface area contributed by atoms with E-state index < -0.39 is 17.4 Å². The Morgan fingerprint density at radius 3 is 2.43 bits per heavy atom. The molecule has 0 radical (unpaired) electrons. The van der Waals surface area contributed by atoms with Gasteiger partial charge in [-0.3, -0.25) is 4.79 Å². The number of carbonyl (C=O) groups is 2. The van der Waals surface area contributed by atoms with Gasteiger partial charge >= 0.3 is 5.97 Å². The minimum absolute atomic E-state index is 0.249. The van der Waals surface area contributed by atoms with Crippen LogP contribution in [0.15, 0.2) is 12.1 Å². The van der Waals surface area contributed by atoms with Crippen molar-refractivity contribution in [3.63, 3.8) is 0 Å². The maximum atomic E-state index is 12.7. The molecule has 1 rings (SSSR count). The molecule has 21 heavy (non-hydrogen) atoms. The summed E-state index contributed by atoms with van der Waals surface area (Å²) in [6, 6.07) is 3.16. The lowest BCUT2D eigenvalue weighted by Crippen LogP contribution is -2.53. The highest BCUT2D eigenvalue weighted by molar-refractivity contribution is 14.1. The average molecular weight is 426 g/mol. The number of benzene rings is 1. The Hall–Kier alpha value is -1.02. The highest BCUT2D eigenvalue weighted by atomic mass is 127. The van der Waals surface area contributed by atoms with Gasteiger partial charge in [-0.05, 0) is 55.5 Å². The predicted octanol–water partition coefficient (Wildman–Crippen LogP) is 3.28. The summed E-state index contributed by atoms with van der Waals surface area (Å²) in [5.41, 5.74) is -1.08. The number of ether oxygens (including phenoxy) is 1. The first-order valence-electron chi connectivity index (χ1n) is 6.25. The van der Waals surface area contributed by atoms with Gasteiger partial charge in [0.1, 0.15) is 11.3 Å². The topological polar surface area (TPSA) is 66.8 Å². The van der Waals surface area contributed by atoms with E-state index in [0.29, 0.717) is 10.8 Å². The molecule has 0 aliphatic rings. The van der Waals surface area contributed by atoms with E-state index in [9.17, 15) is 14.7 Å². The standard InChI is InChI=1S/C14H17ClINO4/c1-5-17(14(2,3)13(19)20)12(18)8-6-9(15)10(16)7-11(8)21-4/h6-7H,5H2,1-4H3,(H,19,20). The van der Waals surface area contributed by atoms with Crippen LogP contribution in [0, 0.1) is 3.57 Å². The van der Waals surface area contributed by atoms with Gasteiger partial charge in [-0.15, -0.1) is 0 Å². The van der Waals surface area contributed by atoms with Gasteiger partial charge in [0.15, 0.2) is 0 Å². The molecule has 116 valence electrons. The van der Waals surface area contributed by atoms with Crippen LogP contribution >= 0.6 is 34.2 Å². The van der Waals surface area contributed by atoms with Gasteiger partial charge in [0.05, 0.1) is 17.7 Å². The number of amides is 1. The number of carboxylic acid groups (broad SMARTS) is 1. The zero-order valence-corrected chi connectivity index (χ0v) is 15.2. The maximum absolute atomic E-state index is 12.7. The molecule has 1 aromatic carbocycles. The normalized spacial score (nSPS) is 11.1. The summed E-state index contributed by atoms with van der Waals surface area (Å²) in [5, 5.41) is 9.73. The van der Waals surface area contributed by atoms with Crippen LogP contribution in [0.1, 0.15) is 31.1 Å². The van der Waals surface area contributed by atoms with E-state index in [1.54, 1.807) is 13.0 Å². The molecule has 0 fully saturated rings. The first kappa shape index (κ1) is 18.0. The summed E-state index contributed by atoms with van der Waals surface area (Å²) in [6.45, 7) is 4.95. The molecule has 0 heterocycles. The summed E-state index contributed by atoms with van der Waals surface area (Å²) in [5.74, 6) is -1.14. The number of methoxy groups -OCH3 is 1. The molecule has 0 bridgehead atoms. The molecular weight excluding hydrogens is 409 g/mol. The number of rotatable bonds is 5. The summed E-state index contributed by atoms with van der Waals surface area (Å²) >= 11 is 8.10. The smallest absolute Gasteiger partial charge is 0.329 e. The number of aliphatic carboxylic acids is 1. The number of nitrogens with zero attached hydrogens (tertiary/aromatic N) is 1. The van der Waals surface area contributed by atoms with Crippen LogP contribution in [0.2, 0.25) is 5.02 Å². The third-order valence-electron chi connectivity index (χ3n) is 3.23. The third kappa shape index (κ3) is 3.60. The first-order chi connectivity index (χ1) is 9.66. The summed E-state index contributed by atoms with van der Waals surface area (Å²) in [4.78, 5) is 25.3. The lowest BCUT2D eigenvalue weighted by atomic mass is 10.0. The van der Waals surface area contributed by atoms with E-state index in [-0.39, 0.29) is 12.1 Å². The van der Waals surface area contributed by atoms with Crippen molar-refractivity contribution in [2.45, 2.75) is 26.3 Å². The zero-order chi connectivity index (χ0) is 16.4. The lowest BCUT2D eigenvalue weighted by Gasteiger charge is -2.34. The van der Waals surface area contributed by atoms with Crippen LogP contribution in [0.5, 0.6) is 5.75 Å². The summed E-state index contributed by atoms with van der Waals surface area (Å²) < 4.78 is 5.96. The van der Waals surface area contributed by atoms with Crippen molar-refractivity contribution in [3.05, 3.63) is 26.3 Å². The number of hydrogen-bond donors (Lipinski definition) is 1. The first-order valence-corrected chi connectivity index (χ1v) is 7.70. The number of halogens is 2. The van der Waals surface area contributed by atoms with Gasteiger partial charge < -0.3 is 14.7 Å². The molecule has 1 amide bonds. The Labute approximate surface area is 142 Å². The van der Waals surface area contributed by atoms with Gasteiger partial charge in [0.25, 0.3) is 5.91 Å². The SMILES string of the molecule is CCN(C(=O)c1cc(Cl)c(I)cc1OC)C(C)(C)C(=O)O. The van der Waals surface area contributed by atoms with Crippen molar-refractivity contribution in [2.75, 3.05) is 13.7 Å². The second kappa shape index (κ2) is 6.83. The van der Waals surface area contributed by atoms with Crippen LogP contribution in [-0.2, 0) is 4.79 Å². The van der Waals surface area contributed by atoms with Gasteiger partial charge in [0.2, 0.25) is 0 Å². The predicted molar refractivity (Wildman–Crippen MR) is 89.1 cm³/mol. The Morgan fingerprint density at radius 1 is 1.43 bits per heavy atom. The Morgan fingerprint density at radius 2 is 2.00 bits per heavy atom. The van der Waals surface area contributed by atoms with Gasteiger partial charge in [-0.2, -0.15) is 0 Å². The maximum Gasteiger partial charge on any atom is 0.329 e. The van der Waals surface area contributed by atoms with Crippen LogP contribution in [0.4, 0.5) is 0 Å². The molecule has 5 nitrogen and oxygen atoms in total. The van der Waals surface area contributed by atoms with Crippen molar-refractivity contribution < 1.29 is 19.4 Å². The molecule has 0 aliphatic heterocycles. The van der Waals surface area contributed by atoms with Crippen LogP contribution in [0.3, 0.4) is 0 Å². The second-order valence-corrected chi connectivity index (χ2v) is 6.45. The van der Waals surface area contributed by atoms with Gasteiger partial charge in [0, 0.05) is 10.1 Å². The molecule has 0 saturated heterocycles. The van der Waals surface area contributed by atoms with Crippen LogP contribution in [0.25, 0.3) is 0 Å². The molecule has 0 spiro atoms. The molecule has 1 N–H and O–H groups in total. The summed E-state index contributed by atoms with van der Waals surface area (Å²) in [6.07, 6.45) is 0. The fourth-order valence-electron chi connectivity index (χ4n) is 1.92. The monoisotopic (exact) mass is 425 g/mol. The van der Waals surface area contributed by atoms with Crippen molar-refractivity contribution in [2.24, 2.45) is 0 Å². The van der Waals surface area contributed by atoms with Crippen molar-refractivity contribution in [3.8, 4) is 5.75 Å². The minimum atomic E-state index is -1.33. The van der Waals surface area contributed by atoms with E-state index in [2.05, 4.69) is 0 Å². The lowest BCUT2D eigenvalue weighted by molar-refractivity contribution is -0.147.